The first-order valence-corrected chi connectivity index (χ1v) is 8.79. The minimum Gasteiger partial charge on any atom is -0.211 e. The number of rotatable bonds is 6. The molecule has 0 amide bonds. The van der Waals surface area contributed by atoms with Gasteiger partial charge in [-0.1, -0.05) is 11.6 Å². The fourth-order valence-electron chi connectivity index (χ4n) is 1.39. The quantitative estimate of drug-likeness (QED) is 0.802. The Hall–Kier alpha value is -0.440. The first-order valence-electron chi connectivity index (χ1n) is 5.54. The van der Waals surface area contributed by atoms with E-state index in [-0.39, 0.29) is 11.6 Å². The first kappa shape index (κ1) is 17.6. The number of halogens is 4. The highest BCUT2D eigenvalue weighted by Crippen LogP contribution is 2.33. The van der Waals surface area contributed by atoms with Crippen molar-refractivity contribution in [1.82, 2.24) is 4.72 Å². The Labute approximate surface area is 124 Å². The number of thioether (sulfide) groups is 1. The Morgan fingerprint density at radius 2 is 2.00 bits per heavy atom. The van der Waals surface area contributed by atoms with Crippen LogP contribution in [0.25, 0.3) is 0 Å². The lowest BCUT2D eigenvalue weighted by atomic mass is 10.2. The van der Waals surface area contributed by atoms with Crippen molar-refractivity contribution in [3.05, 3.63) is 28.8 Å². The van der Waals surface area contributed by atoms with Crippen molar-refractivity contribution in [3.8, 4) is 0 Å². The molecule has 0 heterocycles. The van der Waals surface area contributed by atoms with E-state index < -0.39 is 26.7 Å². The molecule has 1 rings (SSSR count). The molecule has 114 valence electrons. The third-order valence-electron chi connectivity index (χ3n) is 2.37. The predicted molar refractivity (Wildman–Crippen MR) is 74.6 cm³/mol. The standard InChI is InChI=1S/C11H13ClF3NO2S2/c1-19-6-2-5-16-20(17,18)10-7-8(11(13,14)15)3-4-9(10)12/h3-4,7,16H,2,5-6H2,1H3. The largest absolute Gasteiger partial charge is 0.416 e. The third kappa shape index (κ3) is 4.83. The van der Waals surface area contributed by atoms with Gasteiger partial charge in [0.2, 0.25) is 10.0 Å². The van der Waals surface area contributed by atoms with Gasteiger partial charge in [0.15, 0.2) is 0 Å². The summed E-state index contributed by atoms with van der Waals surface area (Å²) in [5.41, 5.74) is -1.05. The second-order valence-electron chi connectivity index (χ2n) is 3.89. The summed E-state index contributed by atoms with van der Waals surface area (Å²) < 4.78 is 63.8. The van der Waals surface area contributed by atoms with Gasteiger partial charge in [-0.3, -0.25) is 0 Å². The van der Waals surface area contributed by atoms with Gasteiger partial charge in [0.1, 0.15) is 4.90 Å². The van der Waals surface area contributed by atoms with E-state index in [9.17, 15) is 21.6 Å². The van der Waals surface area contributed by atoms with Gasteiger partial charge >= 0.3 is 6.18 Å². The van der Waals surface area contributed by atoms with E-state index in [0.29, 0.717) is 12.5 Å². The van der Waals surface area contributed by atoms with Gasteiger partial charge in [-0.15, -0.1) is 0 Å². The van der Waals surface area contributed by atoms with Crippen molar-refractivity contribution >= 4 is 33.4 Å². The van der Waals surface area contributed by atoms with Crippen LogP contribution in [-0.2, 0) is 16.2 Å². The monoisotopic (exact) mass is 347 g/mol. The van der Waals surface area contributed by atoms with Crippen LogP contribution in [0.4, 0.5) is 13.2 Å². The van der Waals surface area contributed by atoms with Crippen molar-refractivity contribution in [3.63, 3.8) is 0 Å². The first-order chi connectivity index (χ1) is 9.18. The average molecular weight is 348 g/mol. The van der Waals surface area contributed by atoms with E-state index in [4.69, 9.17) is 11.6 Å². The second kappa shape index (κ2) is 7.02. The number of sulfonamides is 1. The van der Waals surface area contributed by atoms with Crippen molar-refractivity contribution < 1.29 is 21.6 Å². The molecule has 0 atom stereocenters. The number of benzene rings is 1. The summed E-state index contributed by atoms with van der Waals surface area (Å²) in [4.78, 5) is -0.557. The molecule has 0 aliphatic rings. The fraction of sp³-hybridized carbons (Fsp3) is 0.455. The maximum absolute atomic E-state index is 12.6. The molecule has 1 aromatic carbocycles. The third-order valence-corrected chi connectivity index (χ3v) is 5.00. The van der Waals surface area contributed by atoms with E-state index in [1.807, 2.05) is 6.26 Å². The Bertz CT molecular complexity index is 561. The zero-order valence-corrected chi connectivity index (χ0v) is 12.9. The fourth-order valence-corrected chi connectivity index (χ4v) is 3.42. The molecule has 1 aromatic rings. The Morgan fingerprint density at radius 3 is 2.55 bits per heavy atom. The zero-order valence-electron chi connectivity index (χ0n) is 10.5. The smallest absolute Gasteiger partial charge is 0.211 e. The van der Waals surface area contributed by atoms with Gasteiger partial charge in [0, 0.05) is 6.54 Å². The lowest BCUT2D eigenvalue weighted by molar-refractivity contribution is -0.137. The molecule has 0 aliphatic carbocycles. The summed E-state index contributed by atoms with van der Waals surface area (Å²) in [5.74, 6) is 0.749. The van der Waals surface area contributed by atoms with Crippen LogP contribution in [0.5, 0.6) is 0 Å². The van der Waals surface area contributed by atoms with Crippen LogP contribution in [0.15, 0.2) is 23.1 Å². The summed E-state index contributed by atoms with van der Waals surface area (Å²) >= 11 is 7.23. The summed E-state index contributed by atoms with van der Waals surface area (Å²) in [6.45, 7) is 0.149. The van der Waals surface area contributed by atoms with E-state index in [1.165, 1.54) is 0 Å². The molecule has 3 nitrogen and oxygen atoms in total. The van der Waals surface area contributed by atoms with Gasteiger partial charge < -0.3 is 0 Å². The molecule has 0 radical (unpaired) electrons. The summed E-state index contributed by atoms with van der Waals surface area (Å²) in [6, 6.07) is 2.22. The molecule has 0 aliphatic heterocycles. The number of alkyl halides is 3. The maximum atomic E-state index is 12.6. The van der Waals surface area contributed by atoms with E-state index in [0.717, 1.165) is 17.9 Å². The van der Waals surface area contributed by atoms with Gasteiger partial charge in [0.25, 0.3) is 0 Å². The van der Waals surface area contributed by atoms with Crippen molar-refractivity contribution in [2.75, 3.05) is 18.6 Å². The topological polar surface area (TPSA) is 46.2 Å². The van der Waals surface area contributed by atoms with Gasteiger partial charge in [-0.25, -0.2) is 13.1 Å². The molecule has 0 saturated carbocycles. The molecule has 0 saturated heterocycles. The molecule has 9 heteroatoms. The van der Waals surface area contributed by atoms with Crippen molar-refractivity contribution in [2.45, 2.75) is 17.5 Å². The van der Waals surface area contributed by atoms with Crippen LogP contribution in [0.3, 0.4) is 0 Å². The molecule has 20 heavy (non-hydrogen) atoms. The van der Waals surface area contributed by atoms with E-state index in [1.54, 1.807) is 11.8 Å². The highest BCUT2D eigenvalue weighted by molar-refractivity contribution is 7.98. The highest BCUT2D eigenvalue weighted by atomic mass is 35.5. The number of hydrogen-bond donors (Lipinski definition) is 1. The minimum absolute atomic E-state index is 0.149. The summed E-state index contributed by atoms with van der Waals surface area (Å²) in [6.07, 6.45) is -2.16. The zero-order chi connectivity index (χ0) is 15.4. The lowest BCUT2D eigenvalue weighted by Crippen LogP contribution is -2.25. The molecule has 1 N–H and O–H groups in total. The molecule has 0 bridgehead atoms. The second-order valence-corrected chi connectivity index (χ2v) is 7.02. The molecule has 0 fully saturated rings. The van der Waals surface area contributed by atoms with Gasteiger partial charge in [-0.05, 0) is 36.6 Å². The molecule has 0 aromatic heterocycles. The lowest BCUT2D eigenvalue weighted by Gasteiger charge is -2.11. The molecular formula is C11H13ClF3NO2S2. The maximum Gasteiger partial charge on any atom is 0.416 e. The predicted octanol–water partition coefficient (Wildman–Crippen LogP) is 3.39. The average Bonchev–Trinajstić information content (AvgIpc) is 2.33. The Morgan fingerprint density at radius 1 is 1.35 bits per heavy atom. The molecular weight excluding hydrogens is 335 g/mol. The van der Waals surface area contributed by atoms with Crippen LogP contribution < -0.4 is 4.72 Å². The van der Waals surface area contributed by atoms with Crippen molar-refractivity contribution in [1.29, 1.82) is 0 Å². The van der Waals surface area contributed by atoms with Crippen LogP contribution in [0, 0.1) is 0 Å². The van der Waals surface area contributed by atoms with Crippen LogP contribution in [0.2, 0.25) is 5.02 Å². The van der Waals surface area contributed by atoms with E-state index >= 15 is 0 Å². The summed E-state index contributed by atoms with van der Waals surface area (Å²) in [7, 11) is -4.05. The number of nitrogens with one attached hydrogen (secondary N) is 1. The highest BCUT2D eigenvalue weighted by Gasteiger charge is 2.32. The van der Waals surface area contributed by atoms with Gasteiger partial charge in [-0.2, -0.15) is 24.9 Å². The van der Waals surface area contributed by atoms with Crippen LogP contribution >= 0.6 is 23.4 Å². The summed E-state index contributed by atoms with van der Waals surface area (Å²) in [5, 5.41) is -0.240. The number of hydrogen-bond acceptors (Lipinski definition) is 3. The van der Waals surface area contributed by atoms with E-state index in [2.05, 4.69) is 4.72 Å². The molecule has 0 spiro atoms. The van der Waals surface area contributed by atoms with Crippen LogP contribution in [-0.4, -0.2) is 27.0 Å². The van der Waals surface area contributed by atoms with Gasteiger partial charge in [0.05, 0.1) is 10.6 Å². The van der Waals surface area contributed by atoms with Crippen molar-refractivity contribution in [2.24, 2.45) is 0 Å². The normalized spacial score (nSPS) is 12.7. The Kier molecular flexibility index (Phi) is 6.18. The molecule has 0 unspecified atom stereocenters. The minimum atomic E-state index is -4.62. The SMILES string of the molecule is CSCCCNS(=O)(=O)c1cc(C(F)(F)F)ccc1Cl. The van der Waals surface area contributed by atoms with Crippen LogP contribution in [0.1, 0.15) is 12.0 Å². The Balaban J connectivity index is 2.99.